The highest BCUT2D eigenvalue weighted by Crippen LogP contribution is 2.50. The molecule has 0 aromatic heterocycles. The van der Waals surface area contributed by atoms with Gasteiger partial charge in [0.2, 0.25) is 0 Å². The van der Waals surface area contributed by atoms with Gasteiger partial charge in [-0.05, 0) is 44.3 Å². The van der Waals surface area contributed by atoms with E-state index in [-0.39, 0.29) is 11.8 Å². The lowest BCUT2D eigenvalue weighted by molar-refractivity contribution is -0.160. The molecule has 0 radical (unpaired) electrons. The molecule has 3 aliphatic rings. The van der Waals surface area contributed by atoms with Crippen molar-refractivity contribution >= 4 is 5.91 Å². The number of carbonyl (C=O) groups excluding carboxylic acids is 1. The van der Waals surface area contributed by atoms with Crippen LogP contribution in [-0.2, 0) is 10.4 Å². The summed E-state index contributed by atoms with van der Waals surface area (Å²) in [6.45, 7) is 1.60. The third-order valence-corrected chi connectivity index (χ3v) is 6.77. The Kier molecular flexibility index (Phi) is 4.37. The number of likely N-dealkylation sites (tertiary alicyclic amines) is 1. The third kappa shape index (κ3) is 2.80. The van der Waals surface area contributed by atoms with E-state index in [2.05, 4.69) is 19.0 Å². The average Bonchev–Trinajstić information content (AvgIpc) is 3.17. The van der Waals surface area contributed by atoms with E-state index in [1.807, 2.05) is 35.2 Å². The normalized spacial score (nSPS) is 31.7. The monoisotopic (exact) mass is 342 g/mol. The van der Waals surface area contributed by atoms with E-state index in [4.69, 9.17) is 0 Å². The molecule has 136 valence electrons. The van der Waals surface area contributed by atoms with Gasteiger partial charge in [-0.2, -0.15) is 0 Å². The average molecular weight is 342 g/mol. The number of benzene rings is 1. The first kappa shape index (κ1) is 17.0. The van der Waals surface area contributed by atoms with Crippen LogP contribution in [0.15, 0.2) is 30.3 Å². The van der Waals surface area contributed by atoms with Gasteiger partial charge in [0.05, 0.1) is 0 Å². The van der Waals surface area contributed by atoms with E-state index in [9.17, 15) is 9.90 Å². The molecule has 1 aliphatic heterocycles. The van der Waals surface area contributed by atoms with Gasteiger partial charge in [-0.1, -0.05) is 49.6 Å². The first-order chi connectivity index (χ1) is 12.0. The summed E-state index contributed by atoms with van der Waals surface area (Å²) >= 11 is 0. The molecule has 25 heavy (non-hydrogen) atoms. The molecule has 1 aromatic carbocycles. The minimum absolute atomic E-state index is 0.0396. The molecule has 3 fully saturated rings. The van der Waals surface area contributed by atoms with Crippen LogP contribution in [0, 0.1) is 17.8 Å². The standard InChI is InChI=1S/C21H30N2O2/c1-22(2)19-17-13-23(14-18(17)19)20(24)21(25,15-9-5-3-6-10-15)16-11-7-4-8-12-16/h3,5-6,9-10,16-19,25H,4,7-8,11-14H2,1-2H3. The number of nitrogens with zero attached hydrogens (tertiary/aromatic N) is 2. The third-order valence-electron chi connectivity index (χ3n) is 6.77. The predicted octanol–water partition coefficient (Wildman–Crippen LogP) is 2.47. The van der Waals surface area contributed by atoms with Gasteiger partial charge in [-0.15, -0.1) is 0 Å². The summed E-state index contributed by atoms with van der Waals surface area (Å²) < 4.78 is 0. The van der Waals surface area contributed by atoms with Crippen molar-refractivity contribution in [2.24, 2.45) is 17.8 Å². The summed E-state index contributed by atoms with van der Waals surface area (Å²) in [7, 11) is 4.25. The van der Waals surface area contributed by atoms with Crippen molar-refractivity contribution in [1.29, 1.82) is 0 Å². The highest BCUT2D eigenvalue weighted by molar-refractivity contribution is 5.87. The number of piperidine rings is 1. The van der Waals surface area contributed by atoms with Gasteiger partial charge in [0.25, 0.3) is 5.91 Å². The highest BCUT2D eigenvalue weighted by Gasteiger charge is 2.60. The lowest BCUT2D eigenvalue weighted by atomic mass is 9.72. The maximum atomic E-state index is 13.5. The maximum absolute atomic E-state index is 13.5. The number of rotatable bonds is 4. The van der Waals surface area contributed by atoms with Gasteiger partial charge < -0.3 is 14.9 Å². The quantitative estimate of drug-likeness (QED) is 0.914. The molecule has 0 spiro atoms. The summed E-state index contributed by atoms with van der Waals surface area (Å²) in [6, 6.07) is 10.3. The molecule has 4 heteroatoms. The van der Waals surface area contributed by atoms with Crippen LogP contribution in [0.4, 0.5) is 0 Å². The molecule has 0 bridgehead atoms. The van der Waals surface area contributed by atoms with Crippen LogP contribution < -0.4 is 0 Å². The zero-order chi connectivity index (χ0) is 17.6. The first-order valence-corrected chi connectivity index (χ1v) is 9.77. The van der Waals surface area contributed by atoms with Gasteiger partial charge in [0.15, 0.2) is 5.60 Å². The molecule has 1 N–H and O–H groups in total. The van der Waals surface area contributed by atoms with E-state index in [1.54, 1.807) is 0 Å². The summed E-state index contributed by atoms with van der Waals surface area (Å²) in [6.07, 6.45) is 5.33. The maximum Gasteiger partial charge on any atom is 0.259 e. The number of hydrogen-bond donors (Lipinski definition) is 1. The molecule has 1 amide bonds. The number of hydrogen-bond acceptors (Lipinski definition) is 3. The van der Waals surface area contributed by atoms with Gasteiger partial charge in [-0.3, -0.25) is 4.79 Å². The molecular weight excluding hydrogens is 312 g/mol. The fourth-order valence-corrected chi connectivity index (χ4v) is 5.41. The van der Waals surface area contributed by atoms with E-state index in [1.165, 1.54) is 6.42 Å². The Morgan fingerprint density at radius 1 is 1.08 bits per heavy atom. The van der Waals surface area contributed by atoms with Crippen LogP contribution in [0.25, 0.3) is 0 Å². The van der Waals surface area contributed by atoms with E-state index >= 15 is 0 Å². The molecule has 2 aliphatic carbocycles. The molecule has 4 rings (SSSR count). The van der Waals surface area contributed by atoms with E-state index in [0.717, 1.165) is 44.3 Å². The summed E-state index contributed by atoms with van der Waals surface area (Å²) in [5, 5.41) is 11.7. The van der Waals surface area contributed by atoms with Crippen LogP contribution >= 0.6 is 0 Å². The van der Waals surface area contributed by atoms with Crippen molar-refractivity contribution < 1.29 is 9.90 Å². The topological polar surface area (TPSA) is 43.8 Å². The number of fused-ring (bicyclic) bond motifs is 1. The van der Waals surface area contributed by atoms with Crippen molar-refractivity contribution in [3.8, 4) is 0 Å². The molecule has 4 nitrogen and oxygen atoms in total. The number of aliphatic hydroxyl groups is 1. The Bertz CT molecular complexity index is 614. The Labute approximate surface area is 150 Å². The van der Waals surface area contributed by atoms with Crippen molar-refractivity contribution in [1.82, 2.24) is 9.80 Å². The predicted molar refractivity (Wildman–Crippen MR) is 97.9 cm³/mol. The van der Waals surface area contributed by atoms with E-state index in [0.29, 0.717) is 17.9 Å². The van der Waals surface area contributed by atoms with E-state index < -0.39 is 5.60 Å². The fourth-order valence-electron chi connectivity index (χ4n) is 5.41. The van der Waals surface area contributed by atoms with Gasteiger partial charge in [0, 0.05) is 25.0 Å². The molecule has 1 aromatic rings. The molecule has 3 unspecified atom stereocenters. The Morgan fingerprint density at radius 2 is 1.68 bits per heavy atom. The Balaban J connectivity index is 1.57. The molecular formula is C21H30N2O2. The van der Waals surface area contributed by atoms with Gasteiger partial charge >= 0.3 is 0 Å². The van der Waals surface area contributed by atoms with Crippen LogP contribution in [0.1, 0.15) is 37.7 Å². The first-order valence-electron chi connectivity index (χ1n) is 9.77. The second-order valence-electron chi connectivity index (χ2n) is 8.46. The summed E-state index contributed by atoms with van der Waals surface area (Å²) in [4.78, 5) is 17.7. The van der Waals surface area contributed by atoms with Crippen LogP contribution in [0.5, 0.6) is 0 Å². The fraction of sp³-hybridized carbons (Fsp3) is 0.667. The molecule has 1 saturated heterocycles. The number of amides is 1. The van der Waals surface area contributed by atoms with Crippen LogP contribution in [-0.4, -0.2) is 54.0 Å². The molecule has 1 heterocycles. The molecule has 2 saturated carbocycles. The summed E-state index contributed by atoms with van der Waals surface area (Å²) in [5.74, 6) is 1.16. The highest BCUT2D eigenvalue weighted by atomic mass is 16.3. The zero-order valence-electron chi connectivity index (χ0n) is 15.4. The molecule has 3 atom stereocenters. The van der Waals surface area contributed by atoms with Crippen molar-refractivity contribution in [3.63, 3.8) is 0 Å². The second kappa shape index (κ2) is 6.40. The largest absolute Gasteiger partial charge is 0.375 e. The van der Waals surface area contributed by atoms with Gasteiger partial charge in [-0.25, -0.2) is 0 Å². The summed E-state index contributed by atoms with van der Waals surface area (Å²) in [5.41, 5.74) is -0.580. The van der Waals surface area contributed by atoms with Crippen molar-refractivity contribution in [2.75, 3.05) is 27.2 Å². The van der Waals surface area contributed by atoms with Gasteiger partial charge in [0.1, 0.15) is 0 Å². The Morgan fingerprint density at radius 3 is 2.24 bits per heavy atom. The Hall–Kier alpha value is -1.39. The lowest BCUT2D eigenvalue weighted by Gasteiger charge is -2.40. The second-order valence-corrected chi connectivity index (χ2v) is 8.46. The SMILES string of the molecule is CN(C)C1C2CN(C(=O)C(O)(c3ccccc3)C3CCCCC3)CC21. The smallest absolute Gasteiger partial charge is 0.259 e. The van der Waals surface area contributed by atoms with Crippen molar-refractivity contribution in [2.45, 2.75) is 43.7 Å². The van der Waals surface area contributed by atoms with Crippen molar-refractivity contribution in [3.05, 3.63) is 35.9 Å². The minimum Gasteiger partial charge on any atom is -0.375 e. The van der Waals surface area contributed by atoms with Crippen LogP contribution in [0.3, 0.4) is 0 Å². The number of carbonyl (C=O) groups is 1. The zero-order valence-corrected chi connectivity index (χ0v) is 15.4. The minimum atomic E-state index is -1.36. The lowest BCUT2D eigenvalue weighted by Crippen LogP contribution is -2.52. The van der Waals surface area contributed by atoms with Crippen LogP contribution in [0.2, 0.25) is 0 Å².